The number of guanidine groups is 1. The Morgan fingerprint density at radius 2 is 2.03 bits per heavy atom. The van der Waals surface area contributed by atoms with Crippen molar-refractivity contribution in [3.05, 3.63) is 52.4 Å². The van der Waals surface area contributed by atoms with Crippen LogP contribution in [0.5, 0.6) is 0 Å². The van der Waals surface area contributed by atoms with Crippen LogP contribution in [0, 0.1) is 0 Å². The molecular weight excluding hydrogens is 505 g/mol. The molecule has 1 aliphatic heterocycles. The fraction of sp³-hybridized carbons (Fsp3) is 0.450. The van der Waals surface area contributed by atoms with Crippen LogP contribution in [0.4, 0.5) is 0 Å². The molecule has 1 aromatic heterocycles. The van der Waals surface area contributed by atoms with Crippen molar-refractivity contribution < 1.29 is 9.32 Å². The van der Waals surface area contributed by atoms with Crippen molar-refractivity contribution in [1.29, 1.82) is 0 Å². The number of halogens is 2. The number of aromatic nitrogens is 1. The van der Waals surface area contributed by atoms with E-state index in [2.05, 4.69) is 15.5 Å². The van der Waals surface area contributed by atoms with Crippen LogP contribution >= 0.6 is 35.6 Å². The second-order valence-electron chi connectivity index (χ2n) is 6.67. The Balaban J connectivity index is 0.00000300. The molecule has 1 aliphatic rings. The van der Waals surface area contributed by atoms with Crippen LogP contribution in [0.25, 0.3) is 0 Å². The van der Waals surface area contributed by atoms with Gasteiger partial charge in [-0.25, -0.2) is 4.99 Å². The number of nitrogens with zero attached hydrogens (tertiary/aromatic N) is 4. The van der Waals surface area contributed by atoms with Gasteiger partial charge in [-0.15, -0.1) is 24.0 Å². The summed E-state index contributed by atoms with van der Waals surface area (Å²) in [4.78, 5) is 21.1. The summed E-state index contributed by atoms with van der Waals surface area (Å²) < 4.78 is 5.30. The van der Waals surface area contributed by atoms with Gasteiger partial charge < -0.3 is 19.6 Å². The molecule has 0 spiro atoms. The highest BCUT2D eigenvalue weighted by Gasteiger charge is 2.26. The molecule has 0 saturated carbocycles. The zero-order chi connectivity index (χ0) is 19.9. The molecule has 0 radical (unpaired) electrons. The summed E-state index contributed by atoms with van der Waals surface area (Å²) in [5, 5.41) is 7.95. The molecule has 0 atom stereocenters. The predicted molar refractivity (Wildman–Crippen MR) is 125 cm³/mol. The van der Waals surface area contributed by atoms with Gasteiger partial charge in [0.05, 0.1) is 12.2 Å². The molecule has 0 aliphatic carbocycles. The lowest BCUT2D eigenvalue weighted by atomic mass is 10.2. The molecule has 2 aromatic rings. The van der Waals surface area contributed by atoms with Crippen LogP contribution in [-0.2, 0) is 24.3 Å². The summed E-state index contributed by atoms with van der Waals surface area (Å²) in [5.74, 6) is 1.52. The fourth-order valence-corrected chi connectivity index (χ4v) is 3.17. The third-order valence-corrected chi connectivity index (χ3v) is 4.85. The zero-order valence-electron chi connectivity index (χ0n) is 16.7. The van der Waals surface area contributed by atoms with E-state index in [9.17, 15) is 4.79 Å². The Morgan fingerprint density at radius 1 is 1.28 bits per heavy atom. The number of carbonyl (C=O) groups excluding carboxylic acids is 1. The standard InChI is InChI=1S/C20H26ClN5O2.HI/c1-3-17-11-18(28-24-17)12-23-20(22-4-2)26-10-9-25(19(27)14-26)13-15-5-7-16(21)8-6-15;/h5-8,11H,3-4,9-10,12-14H2,1-2H3,(H,22,23);1H. The monoisotopic (exact) mass is 531 g/mol. The highest BCUT2D eigenvalue weighted by Crippen LogP contribution is 2.14. The van der Waals surface area contributed by atoms with Crippen LogP contribution in [-0.4, -0.2) is 53.0 Å². The number of benzene rings is 1. The van der Waals surface area contributed by atoms with Gasteiger partial charge in [-0.2, -0.15) is 0 Å². The molecule has 0 bridgehead atoms. The van der Waals surface area contributed by atoms with E-state index in [1.807, 2.05) is 54.0 Å². The topological polar surface area (TPSA) is 74.0 Å². The van der Waals surface area contributed by atoms with Gasteiger partial charge in [0.2, 0.25) is 5.91 Å². The van der Waals surface area contributed by atoms with Crippen molar-refractivity contribution in [3.8, 4) is 0 Å². The molecular formula is C20H27ClIN5O2. The lowest BCUT2D eigenvalue weighted by Crippen LogP contribution is -2.54. The molecule has 1 amide bonds. The van der Waals surface area contributed by atoms with Gasteiger partial charge in [0, 0.05) is 37.3 Å². The van der Waals surface area contributed by atoms with E-state index in [-0.39, 0.29) is 29.9 Å². The third kappa shape index (κ3) is 6.60. The van der Waals surface area contributed by atoms with E-state index in [1.54, 1.807) is 0 Å². The van der Waals surface area contributed by atoms with E-state index in [0.29, 0.717) is 31.2 Å². The maximum Gasteiger partial charge on any atom is 0.242 e. The predicted octanol–water partition coefficient (Wildman–Crippen LogP) is 3.32. The van der Waals surface area contributed by atoms with E-state index in [0.717, 1.165) is 42.5 Å². The molecule has 29 heavy (non-hydrogen) atoms. The van der Waals surface area contributed by atoms with Gasteiger partial charge in [-0.3, -0.25) is 4.79 Å². The maximum absolute atomic E-state index is 12.6. The summed E-state index contributed by atoms with van der Waals surface area (Å²) >= 11 is 5.93. The third-order valence-electron chi connectivity index (χ3n) is 4.59. The van der Waals surface area contributed by atoms with Gasteiger partial charge in [0.25, 0.3) is 0 Å². The maximum atomic E-state index is 12.6. The smallest absolute Gasteiger partial charge is 0.242 e. The van der Waals surface area contributed by atoms with Crippen molar-refractivity contribution in [2.24, 2.45) is 4.99 Å². The Bertz CT molecular complexity index is 825. The second-order valence-corrected chi connectivity index (χ2v) is 7.11. The number of piperazine rings is 1. The average Bonchev–Trinajstić information content (AvgIpc) is 3.16. The first-order valence-corrected chi connectivity index (χ1v) is 9.96. The molecule has 158 valence electrons. The number of nitrogens with one attached hydrogen (secondary N) is 1. The van der Waals surface area contributed by atoms with E-state index < -0.39 is 0 Å². The number of aliphatic imine (C=N–C) groups is 1. The van der Waals surface area contributed by atoms with Gasteiger partial charge in [-0.05, 0) is 31.0 Å². The Morgan fingerprint density at radius 3 is 2.66 bits per heavy atom. The first-order valence-electron chi connectivity index (χ1n) is 9.59. The van der Waals surface area contributed by atoms with Gasteiger partial charge in [-0.1, -0.05) is 35.8 Å². The number of amides is 1. The minimum atomic E-state index is 0. The summed E-state index contributed by atoms with van der Waals surface area (Å²) in [5.41, 5.74) is 1.99. The van der Waals surface area contributed by atoms with E-state index in [4.69, 9.17) is 16.1 Å². The van der Waals surface area contributed by atoms with Crippen molar-refractivity contribution in [3.63, 3.8) is 0 Å². The molecule has 7 nitrogen and oxygen atoms in total. The molecule has 1 aromatic carbocycles. The summed E-state index contributed by atoms with van der Waals surface area (Å²) in [6.07, 6.45) is 0.831. The first kappa shape index (κ1) is 23.5. The first-order chi connectivity index (χ1) is 13.6. The van der Waals surface area contributed by atoms with Crippen LogP contribution < -0.4 is 5.32 Å². The van der Waals surface area contributed by atoms with Crippen LogP contribution in [0.1, 0.15) is 30.9 Å². The molecule has 2 heterocycles. The van der Waals surface area contributed by atoms with Crippen molar-refractivity contribution >= 4 is 47.4 Å². The number of hydrogen-bond donors (Lipinski definition) is 1. The Kier molecular flexibility index (Phi) is 9.22. The van der Waals surface area contributed by atoms with Crippen molar-refractivity contribution in [1.82, 2.24) is 20.3 Å². The van der Waals surface area contributed by atoms with Gasteiger partial charge in [0.15, 0.2) is 11.7 Å². The number of hydrogen-bond acceptors (Lipinski definition) is 4. The summed E-state index contributed by atoms with van der Waals surface area (Å²) in [6, 6.07) is 9.52. The molecule has 1 saturated heterocycles. The van der Waals surface area contributed by atoms with Crippen molar-refractivity contribution in [2.75, 3.05) is 26.2 Å². The lowest BCUT2D eigenvalue weighted by Gasteiger charge is -2.36. The Hall–Kier alpha value is -1.81. The van der Waals surface area contributed by atoms with Crippen LogP contribution in [0.15, 0.2) is 39.8 Å². The molecule has 9 heteroatoms. The van der Waals surface area contributed by atoms with Crippen molar-refractivity contribution in [2.45, 2.75) is 33.4 Å². The number of carbonyl (C=O) groups is 1. The quantitative estimate of drug-likeness (QED) is 0.352. The van der Waals surface area contributed by atoms with Crippen LogP contribution in [0.2, 0.25) is 5.02 Å². The molecule has 3 rings (SSSR count). The minimum Gasteiger partial charge on any atom is -0.359 e. The SMILES string of the molecule is CCNC(=NCc1cc(CC)no1)N1CCN(Cc2ccc(Cl)cc2)C(=O)C1.I. The Labute approximate surface area is 193 Å². The van der Waals surface area contributed by atoms with Gasteiger partial charge in [0.1, 0.15) is 6.54 Å². The lowest BCUT2D eigenvalue weighted by molar-refractivity contribution is -0.135. The zero-order valence-corrected chi connectivity index (χ0v) is 19.8. The average molecular weight is 532 g/mol. The molecule has 0 unspecified atom stereocenters. The summed E-state index contributed by atoms with van der Waals surface area (Å²) in [6.45, 7) is 7.44. The van der Waals surface area contributed by atoms with E-state index >= 15 is 0 Å². The highest BCUT2D eigenvalue weighted by molar-refractivity contribution is 14.0. The van der Waals surface area contributed by atoms with E-state index in [1.165, 1.54) is 0 Å². The molecule has 1 N–H and O–H groups in total. The number of rotatable bonds is 6. The minimum absolute atomic E-state index is 0. The largest absolute Gasteiger partial charge is 0.359 e. The highest BCUT2D eigenvalue weighted by atomic mass is 127. The van der Waals surface area contributed by atoms with Gasteiger partial charge >= 0.3 is 0 Å². The normalized spacial score (nSPS) is 14.7. The number of aryl methyl sites for hydroxylation is 1. The molecule has 1 fully saturated rings. The second kappa shape index (κ2) is 11.4. The van der Waals surface area contributed by atoms with Crippen LogP contribution in [0.3, 0.4) is 0 Å². The summed E-state index contributed by atoms with van der Waals surface area (Å²) in [7, 11) is 0. The fourth-order valence-electron chi connectivity index (χ4n) is 3.04.